The molecule has 0 spiro atoms. The summed E-state index contributed by atoms with van der Waals surface area (Å²) < 4.78 is 28.6. The Balaban J connectivity index is 1.55. The Hall–Kier alpha value is -0.660. The monoisotopic (exact) mass is 344 g/mol. The van der Waals surface area contributed by atoms with Gasteiger partial charge in [-0.25, -0.2) is 8.42 Å². The third-order valence-corrected chi connectivity index (χ3v) is 6.11. The van der Waals surface area contributed by atoms with Gasteiger partial charge >= 0.3 is 0 Å². The second-order valence-corrected chi connectivity index (χ2v) is 9.59. The zero-order valence-electron chi connectivity index (χ0n) is 13.9. The lowest BCUT2D eigenvalue weighted by Gasteiger charge is -2.26. The van der Waals surface area contributed by atoms with Gasteiger partial charge in [0.15, 0.2) is 9.84 Å². The first-order valence-electron chi connectivity index (χ1n) is 8.70. The highest BCUT2D eigenvalue weighted by Crippen LogP contribution is 2.28. The number of nitrogens with zero attached hydrogens (tertiary/aromatic N) is 2. The Morgan fingerprint density at radius 3 is 2.61 bits per heavy atom. The van der Waals surface area contributed by atoms with Crippen molar-refractivity contribution in [3.63, 3.8) is 0 Å². The van der Waals surface area contributed by atoms with E-state index in [9.17, 15) is 13.2 Å². The Labute approximate surface area is 139 Å². The molecule has 0 bridgehead atoms. The zero-order valence-corrected chi connectivity index (χ0v) is 14.8. The molecule has 0 aromatic rings. The van der Waals surface area contributed by atoms with Crippen molar-refractivity contribution in [1.29, 1.82) is 0 Å². The number of hydrogen-bond acceptors (Lipinski definition) is 5. The third-order valence-electron chi connectivity index (χ3n) is 5.34. The SMILES string of the molecule is CS(=O)(=O)CC(=O)N1C[C@@H]2CN(CC3CCCC3)CCO[C@@H]2C1. The van der Waals surface area contributed by atoms with Crippen molar-refractivity contribution in [1.82, 2.24) is 9.80 Å². The first-order valence-corrected chi connectivity index (χ1v) is 10.8. The number of rotatable bonds is 4. The predicted octanol–water partition coefficient (Wildman–Crippen LogP) is 0.380. The maximum atomic E-state index is 12.1. The second-order valence-electron chi connectivity index (χ2n) is 7.45. The predicted molar refractivity (Wildman–Crippen MR) is 87.9 cm³/mol. The van der Waals surface area contributed by atoms with Crippen molar-refractivity contribution in [2.24, 2.45) is 11.8 Å². The van der Waals surface area contributed by atoms with Crippen molar-refractivity contribution in [3.8, 4) is 0 Å². The molecule has 132 valence electrons. The van der Waals surface area contributed by atoms with Crippen molar-refractivity contribution < 1.29 is 17.9 Å². The summed E-state index contributed by atoms with van der Waals surface area (Å²) in [6.07, 6.45) is 6.56. The van der Waals surface area contributed by atoms with Gasteiger partial charge in [-0.1, -0.05) is 12.8 Å². The Kier molecular flexibility index (Phi) is 5.28. The van der Waals surface area contributed by atoms with E-state index in [-0.39, 0.29) is 12.0 Å². The molecule has 0 aromatic carbocycles. The van der Waals surface area contributed by atoms with Crippen LogP contribution in [0, 0.1) is 11.8 Å². The maximum absolute atomic E-state index is 12.1. The molecule has 0 aromatic heterocycles. The standard InChI is InChI=1S/C16H28N2O4S/c1-23(20,21)12-16(19)18-10-14-9-17(6-7-22-15(14)11-18)8-13-4-2-3-5-13/h13-15H,2-12H2,1H3/t14-,15+/m0/s1. The molecule has 2 atom stereocenters. The van der Waals surface area contributed by atoms with Gasteiger partial charge in [0.2, 0.25) is 5.91 Å². The highest BCUT2D eigenvalue weighted by atomic mass is 32.2. The van der Waals surface area contributed by atoms with E-state index < -0.39 is 15.6 Å². The molecule has 23 heavy (non-hydrogen) atoms. The fourth-order valence-electron chi connectivity index (χ4n) is 4.20. The van der Waals surface area contributed by atoms with E-state index in [0.29, 0.717) is 25.6 Å². The number of amides is 1. The number of hydrogen-bond donors (Lipinski definition) is 0. The first kappa shape index (κ1) is 17.2. The molecule has 0 radical (unpaired) electrons. The average Bonchev–Trinajstić information content (AvgIpc) is 3.04. The highest BCUT2D eigenvalue weighted by Gasteiger charge is 2.39. The smallest absolute Gasteiger partial charge is 0.237 e. The fourth-order valence-corrected chi connectivity index (χ4v) is 4.84. The van der Waals surface area contributed by atoms with Crippen LogP contribution in [0.25, 0.3) is 0 Å². The molecule has 1 aliphatic carbocycles. The number of sulfone groups is 1. The summed E-state index contributed by atoms with van der Waals surface area (Å²) in [5.74, 6) is 0.447. The molecule has 0 unspecified atom stereocenters. The molecule has 3 rings (SSSR count). The molecule has 7 heteroatoms. The van der Waals surface area contributed by atoms with Crippen LogP contribution in [0.4, 0.5) is 0 Å². The van der Waals surface area contributed by atoms with Gasteiger partial charge in [-0.05, 0) is 18.8 Å². The maximum Gasteiger partial charge on any atom is 0.237 e. The molecular weight excluding hydrogens is 316 g/mol. The van der Waals surface area contributed by atoms with Crippen molar-refractivity contribution >= 4 is 15.7 Å². The van der Waals surface area contributed by atoms with Crippen LogP contribution in [0.15, 0.2) is 0 Å². The van der Waals surface area contributed by atoms with Crippen LogP contribution in [0.2, 0.25) is 0 Å². The topological polar surface area (TPSA) is 66.9 Å². The number of fused-ring (bicyclic) bond motifs is 1. The molecule has 1 amide bonds. The van der Waals surface area contributed by atoms with Gasteiger partial charge in [0.05, 0.1) is 12.7 Å². The minimum absolute atomic E-state index is 0.0621. The Bertz CT molecular complexity index is 530. The van der Waals surface area contributed by atoms with Crippen LogP contribution in [-0.2, 0) is 19.4 Å². The molecule has 6 nitrogen and oxygen atoms in total. The molecule has 2 heterocycles. The zero-order chi connectivity index (χ0) is 16.4. The molecule has 2 saturated heterocycles. The van der Waals surface area contributed by atoms with Gasteiger partial charge in [-0.3, -0.25) is 4.79 Å². The van der Waals surface area contributed by atoms with Gasteiger partial charge in [-0.15, -0.1) is 0 Å². The second kappa shape index (κ2) is 7.07. The number of carbonyl (C=O) groups is 1. The molecular formula is C16H28N2O4S. The van der Waals surface area contributed by atoms with Crippen molar-refractivity contribution in [3.05, 3.63) is 0 Å². The van der Waals surface area contributed by atoms with Crippen LogP contribution in [-0.4, -0.2) is 81.6 Å². The van der Waals surface area contributed by atoms with Crippen molar-refractivity contribution in [2.45, 2.75) is 31.8 Å². The molecule has 3 fully saturated rings. The molecule has 2 aliphatic heterocycles. The Morgan fingerprint density at radius 1 is 1.17 bits per heavy atom. The number of likely N-dealkylation sites (tertiary alicyclic amines) is 1. The first-order chi connectivity index (χ1) is 10.9. The van der Waals surface area contributed by atoms with E-state index in [4.69, 9.17) is 4.74 Å². The summed E-state index contributed by atoms with van der Waals surface area (Å²) in [7, 11) is -3.27. The normalized spacial score (nSPS) is 30.4. The lowest BCUT2D eigenvalue weighted by molar-refractivity contribution is -0.128. The third kappa shape index (κ3) is 4.67. The van der Waals surface area contributed by atoms with E-state index in [1.54, 1.807) is 4.90 Å². The summed E-state index contributed by atoms with van der Waals surface area (Å²) in [5.41, 5.74) is 0. The van der Waals surface area contributed by atoms with Gasteiger partial charge in [-0.2, -0.15) is 0 Å². The lowest BCUT2D eigenvalue weighted by atomic mass is 10.0. The van der Waals surface area contributed by atoms with E-state index in [2.05, 4.69) is 4.90 Å². The fraction of sp³-hybridized carbons (Fsp3) is 0.938. The summed E-state index contributed by atoms with van der Waals surface area (Å²) in [6, 6.07) is 0. The summed E-state index contributed by atoms with van der Waals surface area (Å²) >= 11 is 0. The number of ether oxygens (including phenoxy) is 1. The molecule has 3 aliphatic rings. The van der Waals surface area contributed by atoms with Gasteiger partial charge < -0.3 is 14.5 Å². The lowest BCUT2D eigenvalue weighted by Crippen LogP contribution is -2.37. The van der Waals surface area contributed by atoms with Crippen LogP contribution in [0.1, 0.15) is 25.7 Å². The minimum Gasteiger partial charge on any atom is -0.375 e. The quantitative estimate of drug-likeness (QED) is 0.738. The van der Waals surface area contributed by atoms with E-state index in [1.165, 1.54) is 25.7 Å². The largest absolute Gasteiger partial charge is 0.375 e. The summed E-state index contributed by atoms with van der Waals surface area (Å²) in [5, 5.41) is 0. The minimum atomic E-state index is -3.27. The van der Waals surface area contributed by atoms with Gasteiger partial charge in [0, 0.05) is 44.9 Å². The van der Waals surface area contributed by atoms with E-state index >= 15 is 0 Å². The van der Waals surface area contributed by atoms with E-state index in [0.717, 1.165) is 31.8 Å². The summed E-state index contributed by atoms with van der Waals surface area (Å²) in [6.45, 7) is 4.95. The van der Waals surface area contributed by atoms with Crippen LogP contribution in [0.5, 0.6) is 0 Å². The summed E-state index contributed by atoms with van der Waals surface area (Å²) in [4.78, 5) is 16.3. The average molecular weight is 344 g/mol. The van der Waals surface area contributed by atoms with Crippen LogP contribution in [0.3, 0.4) is 0 Å². The van der Waals surface area contributed by atoms with Crippen molar-refractivity contribution in [2.75, 3.05) is 51.3 Å². The highest BCUT2D eigenvalue weighted by molar-refractivity contribution is 7.91. The van der Waals surface area contributed by atoms with Crippen LogP contribution < -0.4 is 0 Å². The number of carbonyl (C=O) groups excluding carboxylic acids is 1. The van der Waals surface area contributed by atoms with Crippen LogP contribution >= 0.6 is 0 Å². The van der Waals surface area contributed by atoms with Gasteiger partial charge in [0.1, 0.15) is 5.75 Å². The molecule has 0 N–H and O–H groups in total. The van der Waals surface area contributed by atoms with Gasteiger partial charge in [0.25, 0.3) is 0 Å². The van der Waals surface area contributed by atoms with E-state index in [1.807, 2.05) is 0 Å². The molecule has 1 saturated carbocycles. The Morgan fingerprint density at radius 2 is 1.91 bits per heavy atom.